The van der Waals surface area contributed by atoms with Crippen molar-refractivity contribution in [3.05, 3.63) is 28.3 Å². The van der Waals surface area contributed by atoms with Gasteiger partial charge in [-0.3, -0.25) is 14.8 Å². The average Bonchev–Trinajstić information content (AvgIpc) is 2.81. The number of carbonyl (C=O) groups is 2. The number of allylic oxidation sites excluding steroid dienone is 3. The molecule has 6 heteroatoms. The molecule has 6 rings (SSSR count). The monoisotopic (exact) mass is 493 g/mol. The molecule has 5 aliphatic carbocycles. The molecule has 1 heterocycles. The number of fused-ring (bicyclic) bond motifs is 6. The number of ketones is 1. The van der Waals surface area contributed by atoms with Crippen LogP contribution in [-0.4, -0.2) is 27.5 Å². The maximum absolute atomic E-state index is 13.2. The first-order chi connectivity index (χ1) is 16.7. The Labute approximate surface area is 214 Å². The predicted octanol–water partition coefficient (Wildman–Crippen LogP) is 5.97. The minimum atomic E-state index is -0.874. The minimum Gasteiger partial charge on any atom is -0.505 e. The van der Waals surface area contributed by atoms with Gasteiger partial charge in [0.05, 0.1) is 10.8 Å². The summed E-state index contributed by atoms with van der Waals surface area (Å²) in [4.78, 5) is 31.1. The number of amides is 1. The van der Waals surface area contributed by atoms with E-state index >= 15 is 0 Å². The number of nitrogens with zero attached hydrogens (tertiary/aromatic N) is 1. The number of carbonyl (C=O) groups excluding carboxylic acids is 2. The molecule has 1 aliphatic heterocycles. The van der Waals surface area contributed by atoms with Crippen molar-refractivity contribution in [1.29, 1.82) is 0 Å². The van der Waals surface area contributed by atoms with E-state index in [1.54, 1.807) is 0 Å². The topological polar surface area (TPSA) is 91.0 Å². The highest BCUT2D eigenvalue weighted by molar-refractivity contribution is 6.04. The van der Waals surface area contributed by atoms with E-state index in [4.69, 9.17) is 4.85 Å². The second-order valence-corrected chi connectivity index (χ2v) is 14.6. The first kappa shape index (κ1) is 24.2. The molecule has 0 bridgehead atoms. The molecule has 0 saturated heterocycles. The van der Waals surface area contributed by atoms with E-state index in [1.807, 2.05) is 18.5 Å². The van der Waals surface area contributed by atoms with Gasteiger partial charge in [-0.25, -0.2) is 5.48 Å². The van der Waals surface area contributed by atoms with E-state index in [2.05, 4.69) is 46.8 Å². The SMILES string of the molecule is CC1(C)CC[C@]2(C(=O)NO)CC[C@]3(C)C(=CC[C@@H]4[C@@]5(C)C=C(O)C(=O)[C@@]6(C)C#[N+][C@]65CC[C@]43C)[C@@H]2C1. The molecule has 6 aliphatic rings. The lowest BCUT2D eigenvalue weighted by molar-refractivity contribution is -0.170. The van der Waals surface area contributed by atoms with Crippen molar-refractivity contribution in [2.24, 2.45) is 44.3 Å². The second-order valence-electron chi connectivity index (χ2n) is 14.6. The number of aliphatic hydroxyl groups is 1. The molecule has 3 N–H and O–H groups in total. The van der Waals surface area contributed by atoms with Crippen molar-refractivity contribution in [1.82, 2.24) is 5.48 Å². The van der Waals surface area contributed by atoms with E-state index in [9.17, 15) is 19.9 Å². The molecular formula is C30H41N2O4+. The minimum absolute atomic E-state index is 0.0797. The van der Waals surface area contributed by atoms with Crippen LogP contribution in [0.2, 0.25) is 0 Å². The van der Waals surface area contributed by atoms with Crippen LogP contribution in [0.25, 0.3) is 4.85 Å². The Balaban J connectivity index is 1.50. The molecule has 0 unspecified atom stereocenters. The third-order valence-electron chi connectivity index (χ3n) is 13.0. The normalized spacial score (nSPS) is 51.8. The maximum Gasteiger partial charge on any atom is 0.319 e. The summed E-state index contributed by atoms with van der Waals surface area (Å²) in [5.74, 6) is -0.312. The fourth-order valence-corrected chi connectivity index (χ4v) is 10.4. The largest absolute Gasteiger partial charge is 0.505 e. The van der Waals surface area contributed by atoms with Crippen LogP contribution in [0.4, 0.5) is 0 Å². The number of nitrogens with one attached hydrogen (secondary N) is 1. The Morgan fingerprint density at radius 2 is 1.75 bits per heavy atom. The zero-order valence-corrected chi connectivity index (χ0v) is 22.6. The summed E-state index contributed by atoms with van der Waals surface area (Å²) in [6.45, 7) is 13.5. The summed E-state index contributed by atoms with van der Waals surface area (Å²) in [7, 11) is 0. The van der Waals surface area contributed by atoms with E-state index in [0.29, 0.717) is 0 Å². The van der Waals surface area contributed by atoms with Crippen molar-refractivity contribution in [2.45, 2.75) is 98.4 Å². The molecule has 1 spiro atoms. The molecule has 0 aromatic rings. The van der Waals surface area contributed by atoms with Crippen LogP contribution in [0.1, 0.15) is 92.9 Å². The van der Waals surface area contributed by atoms with Gasteiger partial charge in [-0.05, 0) is 93.0 Å². The summed E-state index contributed by atoms with van der Waals surface area (Å²) in [6.07, 6.45) is 11.2. The first-order valence-corrected chi connectivity index (χ1v) is 13.8. The van der Waals surface area contributed by atoms with Gasteiger partial charge in [0.2, 0.25) is 17.1 Å². The summed E-state index contributed by atoms with van der Waals surface area (Å²) in [5.41, 5.74) is 0.935. The maximum atomic E-state index is 13.2. The van der Waals surface area contributed by atoms with E-state index in [1.165, 1.54) is 5.57 Å². The Morgan fingerprint density at radius 1 is 1.06 bits per heavy atom. The smallest absolute Gasteiger partial charge is 0.319 e. The van der Waals surface area contributed by atoms with Crippen molar-refractivity contribution in [3.63, 3.8) is 0 Å². The average molecular weight is 494 g/mol. The number of aliphatic hydroxyl groups excluding tert-OH is 1. The quantitative estimate of drug-likeness (QED) is 0.238. The van der Waals surface area contributed by atoms with Gasteiger partial charge in [0.1, 0.15) is 0 Å². The number of hydrogen-bond donors (Lipinski definition) is 3. The Hall–Kier alpha value is -2.13. The lowest BCUT2D eigenvalue weighted by Crippen LogP contribution is -2.72. The molecule has 3 fully saturated rings. The van der Waals surface area contributed by atoms with Crippen LogP contribution in [0, 0.1) is 50.4 Å². The Bertz CT molecular complexity index is 1220. The number of Topliss-reactive ketones (excluding diaryl/α,β-unsaturated/α-hetero) is 1. The first-order valence-electron chi connectivity index (χ1n) is 13.8. The molecule has 0 aromatic carbocycles. The molecular weight excluding hydrogens is 452 g/mol. The molecule has 0 radical (unpaired) electrons. The van der Waals surface area contributed by atoms with Gasteiger partial charge < -0.3 is 5.11 Å². The highest BCUT2D eigenvalue weighted by atomic mass is 16.5. The number of hydroxylamine groups is 1. The van der Waals surface area contributed by atoms with Crippen molar-refractivity contribution < 1.29 is 19.9 Å². The third-order valence-corrected chi connectivity index (χ3v) is 13.0. The van der Waals surface area contributed by atoms with Crippen LogP contribution in [0.3, 0.4) is 0 Å². The number of rotatable bonds is 1. The van der Waals surface area contributed by atoms with Gasteiger partial charge in [0.25, 0.3) is 6.07 Å². The molecule has 8 atom stereocenters. The van der Waals surface area contributed by atoms with Gasteiger partial charge in [-0.1, -0.05) is 44.2 Å². The highest BCUT2D eigenvalue weighted by Crippen LogP contribution is 2.77. The van der Waals surface area contributed by atoms with Gasteiger partial charge >= 0.3 is 5.54 Å². The zero-order chi connectivity index (χ0) is 26.2. The Morgan fingerprint density at radius 3 is 2.39 bits per heavy atom. The summed E-state index contributed by atoms with van der Waals surface area (Å²) >= 11 is 0. The summed E-state index contributed by atoms with van der Waals surface area (Å²) < 4.78 is 0. The van der Waals surface area contributed by atoms with Gasteiger partial charge in [-0.2, -0.15) is 0 Å². The molecule has 3 saturated carbocycles. The molecule has 6 nitrogen and oxygen atoms in total. The zero-order valence-electron chi connectivity index (χ0n) is 22.6. The van der Waals surface area contributed by atoms with Gasteiger partial charge in [0, 0.05) is 6.42 Å². The van der Waals surface area contributed by atoms with E-state index < -0.39 is 21.8 Å². The second kappa shape index (κ2) is 6.65. The standard InChI is InChI=1S/C30H40N2O4/c1-24(2)9-12-29(23(35)32-36)13-10-25(3)18(19(29)15-24)7-8-21-26(25,4)11-14-30-27(21,5)16-20(33)22(34)28(30,6)17-31-30/h7,16,19,21H,8-15H2,1-6H3,(H2-,32,33,35,36)/p+1/t19-,21-,25+,26+,27+,28+,29-,30-/m0/s1. The van der Waals surface area contributed by atoms with Gasteiger partial charge in [0.15, 0.2) is 5.76 Å². The Kier molecular flexibility index (Phi) is 4.47. The van der Waals surface area contributed by atoms with E-state index in [0.717, 1.165) is 51.4 Å². The fourth-order valence-electron chi connectivity index (χ4n) is 10.4. The van der Waals surface area contributed by atoms with Crippen LogP contribution in [0.5, 0.6) is 0 Å². The fraction of sp³-hybridized carbons (Fsp3) is 0.767. The molecule has 1 amide bonds. The molecule has 194 valence electrons. The van der Waals surface area contributed by atoms with Crippen LogP contribution in [-0.2, 0) is 9.59 Å². The lowest BCUT2D eigenvalue weighted by Gasteiger charge is -2.69. The van der Waals surface area contributed by atoms with Crippen LogP contribution in [0.15, 0.2) is 23.5 Å². The lowest BCUT2D eigenvalue weighted by atomic mass is 9.32. The molecule has 36 heavy (non-hydrogen) atoms. The summed E-state index contributed by atoms with van der Waals surface area (Å²) in [6, 6.07) is 3.05. The third kappa shape index (κ3) is 2.34. The van der Waals surface area contributed by atoms with Crippen LogP contribution >= 0.6 is 0 Å². The summed E-state index contributed by atoms with van der Waals surface area (Å²) in [5, 5.41) is 20.6. The molecule has 0 aromatic heterocycles. The van der Waals surface area contributed by atoms with Crippen molar-refractivity contribution in [2.75, 3.05) is 0 Å². The highest BCUT2D eigenvalue weighted by Gasteiger charge is 2.85. The predicted molar refractivity (Wildman–Crippen MR) is 136 cm³/mol. The van der Waals surface area contributed by atoms with Crippen molar-refractivity contribution >= 4 is 11.7 Å². The number of hydrogen-bond acceptors (Lipinski definition) is 4. The van der Waals surface area contributed by atoms with E-state index in [-0.39, 0.29) is 45.5 Å². The van der Waals surface area contributed by atoms with Crippen LogP contribution < -0.4 is 5.48 Å². The van der Waals surface area contributed by atoms with Crippen molar-refractivity contribution in [3.8, 4) is 6.07 Å². The van der Waals surface area contributed by atoms with Gasteiger partial charge in [-0.15, -0.1) is 0 Å².